The van der Waals surface area contributed by atoms with E-state index in [0.29, 0.717) is 11.3 Å². The van der Waals surface area contributed by atoms with Crippen LogP contribution in [0.15, 0.2) is 41.0 Å². The minimum Gasteiger partial charge on any atom is -0.508 e. The van der Waals surface area contributed by atoms with Gasteiger partial charge in [-0.2, -0.15) is 0 Å². The third-order valence-electron chi connectivity index (χ3n) is 6.74. The van der Waals surface area contributed by atoms with E-state index in [1.54, 1.807) is 0 Å². The van der Waals surface area contributed by atoms with Gasteiger partial charge in [-0.05, 0) is 114 Å². The van der Waals surface area contributed by atoms with Gasteiger partial charge in [-0.1, -0.05) is 29.4 Å². The van der Waals surface area contributed by atoms with Crippen molar-refractivity contribution < 1.29 is 20.1 Å². The first-order valence-corrected chi connectivity index (χ1v) is 11.9. The number of hydrogen-bond donors (Lipinski definition) is 3. The lowest BCUT2D eigenvalue weighted by atomic mass is 9.87. The summed E-state index contributed by atoms with van der Waals surface area (Å²) in [4.78, 5) is 0. The average Bonchev–Trinajstić information content (AvgIpc) is 2.76. The van der Waals surface area contributed by atoms with Gasteiger partial charge in [0.25, 0.3) is 0 Å². The molecule has 1 aliphatic rings. The van der Waals surface area contributed by atoms with E-state index >= 15 is 0 Å². The Kier molecular flexibility index (Phi) is 10.0. The Morgan fingerprint density at radius 3 is 2.19 bits per heavy atom. The fraction of sp³-hybridized carbons (Fsp3) is 0.571. The van der Waals surface area contributed by atoms with Crippen molar-refractivity contribution in [1.82, 2.24) is 0 Å². The van der Waals surface area contributed by atoms with Crippen molar-refractivity contribution in [2.24, 2.45) is 0 Å². The highest BCUT2D eigenvalue weighted by molar-refractivity contribution is 5.53. The molecule has 0 spiro atoms. The van der Waals surface area contributed by atoms with E-state index in [0.717, 1.165) is 73.8 Å². The molecule has 3 N–H and O–H groups in total. The maximum absolute atomic E-state index is 10.1. The number of allylic oxidation sites excluding steroid dienone is 5. The third-order valence-corrected chi connectivity index (χ3v) is 6.74. The van der Waals surface area contributed by atoms with Crippen LogP contribution < -0.4 is 4.74 Å². The molecule has 1 atom stereocenters. The van der Waals surface area contributed by atoms with Crippen molar-refractivity contribution in [2.45, 2.75) is 91.6 Å². The number of aliphatic hydroxyl groups excluding tert-OH is 2. The summed E-state index contributed by atoms with van der Waals surface area (Å²) >= 11 is 0. The van der Waals surface area contributed by atoms with Crippen LogP contribution in [0.4, 0.5) is 0 Å². The summed E-state index contributed by atoms with van der Waals surface area (Å²) in [5.74, 6) is 1.34. The first-order chi connectivity index (χ1) is 15.2. The third kappa shape index (κ3) is 7.53. The van der Waals surface area contributed by atoms with Crippen LogP contribution in [0, 0.1) is 13.8 Å². The highest BCUT2D eigenvalue weighted by atomic mass is 16.5. The van der Waals surface area contributed by atoms with Crippen LogP contribution >= 0.6 is 0 Å². The fourth-order valence-electron chi connectivity index (χ4n) is 4.20. The fourth-order valence-corrected chi connectivity index (χ4v) is 4.20. The van der Waals surface area contributed by atoms with Gasteiger partial charge in [0.2, 0.25) is 0 Å². The summed E-state index contributed by atoms with van der Waals surface area (Å²) in [5.41, 5.74) is 6.38. The van der Waals surface area contributed by atoms with Crippen LogP contribution in [0.1, 0.15) is 82.4 Å². The summed E-state index contributed by atoms with van der Waals surface area (Å²) in [7, 11) is 0. The smallest absolute Gasteiger partial charge is 0.126 e. The van der Waals surface area contributed by atoms with Gasteiger partial charge in [-0.25, -0.2) is 0 Å². The van der Waals surface area contributed by atoms with Crippen LogP contribution in [0.2, 0.25) is 0 Å². The Balaban J connectivity index is 1.80. The topological polar surface area (TPSA) is 69.9 Å². The molecule has 0 amide bonds. The van der Waals surface area contributed by atoms with Crippen molar-refractivity contribution >= 4 is 0 Å². The Morgan fingerprint density at radius 2 is 1.56 bits per heavy atom. The van der Waals surface area contributed by atoms with E-state index in [1.165, 1.54) is 11.1 Å². The summed E-state index contributed by atoms with van der Waals surface area (Å²) in [5, 5.41) is 28.2. The lowest BCUT2D eigenvalue weighted by Gasteiger charge is -2.37. The maximum atomic E-state index is 10.1. The molecule has 1 aliphatic heterocycles. The molecular formula is C28H42O4. The summed E-state index contributed by atoms with van der Waals surface area (Å²) < 4.78 is 6.47. The summed E-state index contributed by atoms with van der Waals surface area (Å²) in [6.45, 7) is 10.4. The molecule has 2 rings (SSSR count). The summed E-state index contributed by atoms with van der Waals surface area (Å²) in [6, 6.07) is 1.87. The molecular weight excluding hydrogens is 400 g/mol. The standard InChI is InChI=1S/C28H42O4/c1-20(11-7-13-24(18-29)19-30)9-6-10-21(2)12-8-15-28(5)16-14-25-17-26(31)22(3)23(4)27(25)32-28/h9,12-13,17,29-31H,6-8,10-11,14-16,18-19H2,1-5H3/b20-9+,21-12+. The van der Waals surface area contributed by atoms with E-state index in [4.69, 9.17) is 14.9 Å². The summed E-state index contributed by atoms with van der Waals surface area (Å²) in [6.07, 6.45) is 14.4. The second kappa shape index (κ2) is 12.3. The van der Waals surface area contributed by atoms with Gasteiger partial charge in [0.1, 0.15) is 17.1 Å². The number of benzene rings is 1. The van der Waals surface area contributed by atoms with Crippen molar-refractivity contribution in [3.63, 3.8) is 0 Å². The van der Waals surface area contributed by atoms with Crippen LogP contribution in [0.3, 0.4) is 0 Å². The predicted octanol–water partition coefficient (Wildman–Crippen LogP) is 6.24. The van der Waals surface area contributed by atoms with Gasteiger partial charge >= 0.3 is 0 Å². The lowest BCUT2D eigenvalue weighted by Crippen LogP contribution is -2.36. The minimum atomic E-state index is -0.163. The SMILES string of the molecule is C/C(=C\CC/C(C)=C/CCC1(C)CCc2cc(O)c(C)c(C)c2O1)CCC=C(CO)CO. The van der Waals surface area contributed by atoms with Crippen molar-refractivity contribution in [3.05, 3.63) is 57.7 Å². The molecule has 178 valence electrons. The minimum absolute atomic E-state index is 0.0668. The Hall–Kier alpha value is -2.04. The number of ether oxygens (including phenoxy) is 1. The quantitative estimate of drug-likeness (QED) is 0.355. The molecule has 0 saturated carbocycles. The second-order valence-corrected chi connectivity index (χ2v) is 9.58. The van der Waals surface area contributed by atoms with E-state index < -0.39 is 0 Å². The molecule has 1 heterocycles. The molecule has 0 aliphatic carbocycles. The first kappa shape index (κ1) is 26.2. The Labute approximate surface area is 194 Å². The molecule has 4 nitrogen and oxygen atoms in total. The lowest BCUT2D eigenvalue weighted by molar-refractivity contribution is 0.0560. The van der Waals surface area contributed by atoms with E-state index in [2.05, 4.69) is 32.9 Å². The molecule has 1 aromatic rings. The van der Waals surface area contributed by atoms with Crippen LogP contribution in [-0.2, 0) is 6.42 Å². The average molecular weight is 443 g/mol. The molecule has 32 heavy (non-hydrogen) atoms. The molecule has 1 unspecified atom stereocenters. The zero-order valence-corrected chi connectivity index (χ0v) is 20.6. The highest BCUT2D eigenvalue weighted by Crippen LogP contribution is 2.41. The zero-order valence-electron chi connectivity index (χ0n) is 20.6. The zero-order chi connectivity index (χ0) is 23.7. The van der Waals surface area contributed by atoms with Gasteiger partial charge in [0, 0.05) is 0 Å². The van der Waals surface area contributed by atoms with E-state index in [9.17, 15) is 5.11 Å². The molecule has 0 radical (unpaired) electrons. The van der Waals surface area contributed by atoms with Crippen LogP contribution in [0.25, 0.3) is 0 Å². The molecule has 0 bridgehead atoms. The number of phenolic OH excluding ortho intramolecular Hbond substituents is 1. The van der Waals surface area contributed by atoms with Gasteiger partial charge in [0.05, 0.1) is 13.2 Å². The molecule has 4 heteroatoms. The molecule has 1 aromatic carbocycles. The number of aromatic hydroxyl groups is 1. The van der Waals surface area contributed by atoms with E-state index in [-0.39, 0.29) is 18.8 Å². The maximum Gasteiger partial charge on any atom is 0.126 e. The monoisotopic (exact) mass is 442 g/mol. The molecule has 0 fully saturated rings. The van der Waals surface area contributed by atoms with E-state index in [1.807, 2.05) is 26.0 Å². The molecule has 0 saturated heterocycles. The van der Waals surface area contributed by atoms with Crippen molar-refractivity contribution in [2.75, 3.05) is 13.2 Å². The number of aliphatic hydroxyl groups is 2. The number of phenols is 1. The number of rotatable bonds is 11. The van der Waals surface area contributed by atoms with Crippen molar-refractivity contribution in [3.8, 4) is 11.5 Å². The number of fused-ring (bicyclic) bond motifs is 1. The molecule has 0 aromatic heterocycles. The van der Waals surface area contributed by atoms with Crippen LogP contribution in [-0.4, -0.2) is 34.1 Å². The largest absolute Gasteiger partial charge is 0.508 e. The van der Waals surface area contributed by atoms with Crippen molar-refractivity contribution in [1.29, 1.82) is 0 Å². The number of aryl methyl sites for hydroxylation is 1. The normalized spacial score (nSPS) is 18.8. The predicted molar refractivity (Wildman–Crippen MR) is 132 cm³/mol. The highest BCUT2D eigenvalue weighted by Gasteiger charge is 2.32. The first-order valence-electron chi connectivity index (χ1n) is 11.9. The second-order valence-electron chi connectivity index (χ2n) is 9.58. The van der Waals surface area contributed by atoms with Crippen LogP contribution in [0.5, 0.6) is 11.5 Å². The number of hydrogen-bond acceptors (Lipinski definition) is 4. The van der Waals surface area contributed by atoms with Gasteiger partial charge in [-0.15, -0.1) is 0 Å². The Morgan fingerprint density at radius 1 is 0.969 bits per heavy atom. The van der Waals surface area contributed by atoms with Gasteiger partial charge in [-0.3, -0.25) is 0 Å². The Bertz CT molecular complexity index is 857. The van der Waals surface area contributed by atoms with Gasteiger partial charge in [0.15, 0.2) is 0 Å². The van der Waals surface area contributed by atoms with Gasteiger partial charge < -0.3 is 20.1 Å².